The summed E-state index contributed by atoms with van der Waals surface area (Å²) in [7, 11) is 0. The number of carbonyl (C=O) groups excluding carboxylic acids is 2. The van der Waals surface area contributed by atoms with Crippen molar-refractivity contribution in [3.63, 3.8) is 0 Å². The van der Waals surface area contributed by atoms with Gasteiger partial charge in [0.1, 0.15) is 11.5 Å². The molecule has 0 saturated heterocycles. The maximum Gasteiger partial charge on any atom is 0.286 e. The summed E-state index contributed by atoms with van der Waals surface area (Å²) < 4.78 is 13.5. The van der Waals surface area contributed by atoms with Crippen molar-refractivity contribution in [3.05, 3.63) is 58.6 Å². The summed E-state index contributed by atoms with van der Waals surface area (Å²) in [4.78, 5) is 25.9. The first-order valence-corrected chi connectivity index (χ1v) is 6.11. The lowest BCUT2D eigenvalue weighted by Gasteiger charge is -2.08. The van der Waals surface area contributed by atoms with E-state index in [0.29, 0.717) is 5.69 Å². The lowest BCUT2D eigenvalue weighted by molar-refractivity contribution is -0.121. The Morgan fingerprint density at radius 2 is 2.00 bits per heavy atom. The van der Waals surface area contributed by atoms with Crippen LogP contribution in [0.3, 0.4) is 0 Å². The molecule has 0 radical (unpaired) electrons. The molecule has 7 heteroatoms. The minimum atomic E-state index is -0.572. The van der Waals surface area contributed by atoms with Crippen LogP contribution in [0, 0.1) is 5.82 Å². The van der Waals surface area contributed by atoms with Crippen LogP contribution in [0.1, 0.15) is 16.1 Å². The second-order valence-corrected chi connectivity index (χ2v) is 4.37. The maximum absolute atomic E-state index is 13.5. The first kappa shape index (κ1) is 14.1. The van der Waals surface area contributed by atoms with Crippen LogP contribution in [0.2, 0.25) is 5.02 Å². The molecule has 2 rings (SSSR count). The van der Waals surface area contributed by atoms with Crippen LogP contribution in [-0.2, 0) is 11.2 Å². The number of hydrazine groups is 1. The standard InChI is InChI=1S/C13H11ClFN3O2/c14-9-3-1-4-10(15)8(9)7-12(19)17-18-13(20)11-5-2-6-16-11/h1-6,16H,7H2,(H,17,19)(H,18,20). The number of benzene rings is 1. The van der Waals surface area contributed by atoms with Gasteiger partial charge in [-0.1, -0.05) is 17.7 Å². The van der Waals surface area contributed by atoms with Gasteiger partial charge in [0, 0.05) is 16.8 Å². The van der Waals surface area contributed by atoms with Crippen molar-refractivity contribution in [1.82, 2.24) is 15.8 Å². The third-order valence-corrected chi connectivity index (χ3v) is 2.91. The number of hydrogen-bond acceptors (Lipinski definition) is 2. The molecule has 0 aliphatic rings. The van der Waals surface area contributed by atoms with Crippen LogP contribution >= 0.6 is 11.6 Å². The molecule has 0 unspecified atom stereocenters. The van der Waals surface area contributed by atoms with E-state index in [1.165, 1.54) is 18.2 Å². The average Bonchev–Trinajstić information content (AvgIpc) is 2.94. The minimum absolute atomic E-state index is 0.0841. The van der Waals surface area contributed by atoms with Crippen molar-refractivity contribution in [3.8, 4) is 0 Å². The van der Waals surface area contributed by atoms with Gasteiger partial charge >= 0.3 is 0 Å². The average molecular weight is 296 g/mol. The van der Waals surface area contributed by atoms with E-state index in [9.17, 15) is 14.0 Å². The molecule has 2 amide bonds. The van der Waals surface area contributed by atoms with Gasteiger partial charge in [-0.05, 0) is 24.3 Å². The number of halogens is 2. The first-order chi connectivity index (χ1) is 9.58. The van der Waals surface area contributed by atoms with Gasteiger partial charge in [0.05, 0.1) is 6.42 Å². The van der Waals surface area contributed by atoms with Gasteiger partial charge in [0.2, 0.25) is 5.91 Å². The molecule has 0 atom stereocenters. The number of H-pyrrole nitrogens is 1. The highest BCUT2D eigenvalue weighted by Crippen LogP contribution is 2.19. The summed E-state index contributed by atoms with van der Waals surface area (Å²) in [6.07, 6.45) is 1.31. The van der Waals surface area contributed by atoms with Crippen molar-refractivity contribution < 1.29 is 14.0 Å². The van der Waals surface area contributed by atoms with Crippen molar-refractivity contribution in [2.75, 3.05) is 0 Å². The summed E-state index contributed by atoms with van der Waals surface area (Å²) in [5.41, 5.74) is 4.78. The molecule has 3 N–H and O–H groups in total. The molecule has 0 fully saturated rings. The maximum atomic E-state index is 13.5. The van der Waals surface area contributed by atoms with Gasteiger partial charge in [-0.15, -0.1) is 0 Å². The number of rotatable bonds is 3. The third-order valence-electron chi connectivity index (χ3n) is 2.56. The molecule has 20 heavy (non-hydrogen) atoms. The monoisotopic (exact) mass is 295 g/mol. The highest BCUT2D eigenvalue weighted by Gasteiger charge is 2.13. The molecule has 0 aliphatic heterocycles. The molecule has 1 aromatic carbocycles. The van der Waals surface area contributed by atoms with Crippen LogP contribution in [0.25, 0.3) is 0 Å². The molecule has 1 heterocycles. The molecule has 5 nitrogen and oxygen atoms in total. The van der Waals surface area contributed by atoms with E-state index in [1.54, 1.807) is 18.3 Å². The van der Waals surface area contributed by atoms with E-state index in [4.69, 9.17) is 11.6 Å². The molecule has 0 saturated carbocycles. The summed E-state index contributed by atoms with van der Waals surface area (Å²) in [6, 6.07) is 7.36. The predicted octanol–water partition coefficient (Wildman–Crippen LogP) is 1.81. The van der Waals surface area contributed by atoms with Crippen molar-refractivity contribution in [1.29, 1.82) is 0 Å². The summed E-state index contributed by atoms with van der Waals surface area (Å²) in [6.45, 7) is 0. The number of aromatic amines is 1. The van der Waals surface area contributed by atoms with E-state index in [0.717, 1.165) is 0 Å². The predicted molar refractivity (Wildman–Crippen MR) is 71.5 cm³/mol. The molecule has 0 bridgehead atoms. The number of hydrogen-bond donors (Lipinski definition) is 3. The molecule has 0 aliphatic carbocycles. The Balaban J connectivity index is 1.92. The van der Waals surface area contributed by atoms with E-state index in [1.807, 2.05) is 0 Å². The molecular formula is C13H11ClFN3O2. The lowest BCUT2D eigenvalue weighted by Crippen LogP contribution is -2.42. The van der Waals surface area contributed by atoms with Gasteiger partial charge < -0.3 is 4.98 Å². The summed E-state index contributed by atoms with van der Waals surface area (Å²) >= 11 is 5.81. The quantitative estimate of drug-likeness (QED) is 0.756. The first-order valence-electron chi connectivity index (χ1n) is 5.73. The minimum Gasteiger partial charge on any atom is -0.357 e. The Bertz CT molecular complexity index is 608. The normalized spacial score (nSPS) is 10.1. The lowest BCUT2D eigenvalue weighted by atomic mass is 10.1. The highest BCUT2D eigenvalue weighted by molar-refractivity contribution is 6.31. The zero-order valence-electron chi connectivity index (χ0n) is 10.2. The van der Waals surface area contributed by atoms with Gasteiger partial charge in [0.25, 0.3) is 5.91 Å². The molecule has 2 aromatic rings. The van der Waals surface area contributed by atoms with Crippen LogP contribution in [-0.4, -0.2) is 16.8 Å². The van der Waals surface area contributed by atoms with Gasteiger partial charge in [-0.25, -0.2) is 4.39 Å². The van der Waals surface area contributed by atoms with Crippen LogP contribution in [0.4, 0.5) is 4.39 Å². The summed E-state index contributed by atoms with van der Waals surface area (Å²) in [5.74, 6) is -1.64. The Morgan fingerprint density at radius 3 is 2.65 bits per heavy atom. The largest absolute Gasteiger partial charge is 0.357 e. The van der Waals surface area contributed by atoms with E-state index < -0.39 is 17.6 Å². The zero-order chi connectivity index (χ0) is 14.5. The SMILES string of the molecule is O=C(Cc1c(F)cccc1Cl)NNC(=O)c1ccc[nH]1. The smallest absolute Gasteiger partial charge is 0.286 e. The van der Waals surface area contributed by atoms with Crippen LogP contribution in [0.15, 0.2) is 36.5 Å². The zero-order valence-corrected chi connectivity index (χ0v) is 11.0. The van der Waals surface area contributed by atoms with Crippen molar-refractivity contribution in [2.45, 2.75) is 6.42 Å². The number of carbonyl (C=O) groups is 2. The second-order valence-electron chi connectivity index (χ2n) is 3.96. The molecular weight excluding hydrogens is 285 g/mol. The fourth-order valence-corrected chi connectivity index (χ4v) is 1.80. The van der Waals surface area contributed by atoms with Gasteiger partial charge in [-0.2, -0.15) is 0 Å². The highest BCUT2D eigenvalue weighted by atomic mass is 35.5. The van der Waals surface area contributed by atoms with Gasteiger partial charge in [-0.3, -0.25) is 20.4 Å². The number of aromatic nitrogens is 1. The Kier molecular flexibility index (Phi) is 4.37. The Labute approximate surface area is 119 Å². The topological polar surface area (TPSA) is 74.0 Å². The Hall–Kier alpha value is -2.34. The Morgan fingerprint density at radius 1 is 1.20 bits per heavy atom. The van der Waals surface area contributed by atoms with E-state index in [2.05, 4.69) is 15.8 Å². The fraction of sp³-hybridized carbons (Fsp3) is 0.0769. The fourth-order valence-electron chi connectivity index (χ4n) is 1.57. The van der Waals surface area contributed by atoms with Crippen LogP contribution < -0.4 is 10.9 Å². The van der Waals surface area contributed by atoms with Crippen LogP contribution in [0.5, 0.6) is 0 Å². The second kappa shape index (κ2) is 6.21. The van der Waals surface area contributed by atoms with E-state index >= 15 is 0 Å². The summed E-state index contributed by atoms with van der Waals surface area (Å²) in [5, 5.41) is 0.163. The van der Waals surface area contributed by atoms with Gasteiger partial charge in [0.15, 0.2) is 0 Å². The third kappa shape index (κ3) is 3.36. The molecule has 0 spiro atoms. The molecule has 104 valence electrons. The van der Waals surface area contributed by atoms with E-state index in [-0.39, 0.29) is 17.0 Å². The number of amides is 2. The van der Waals surface area contributed by atoms with Crippen molar-refractivity contribution in [2.24, 2.45) is 0 Å². The number of nitrogens with one attached hydrogen (secondary N) is 3. The molecule has 1 aromatic heterocycles. The van der Waals surface area contributed by atoms with Crippen molar-refractivity contribution >= 4 is 23.4 Å².